The Morgan fingerprint density at radius 1 is 1.15 bits per heavy atom. The van der Waals surface area contributed by atoms with Crippen molar-refractivity contribution in [1.29, 1.82) is 0 Å². The summed E-state index contributed by atoms with van der Waals surface area (Å²) < 4.78 is 26.0. The fraction of sp³-hybridized carbons (Fsp3) is 0. The van der Waals surface area contributed by atoms with Crippen LogP contribution in [0, 0.1) is 0 Å². The van der Waals surface area contributed by atoms with E-state index in [1.807, 2.05) is 0 Å². The van der Waals surface area contributed by atoms with Crippen LogP contribution in [0.3, 0.4) is 0 Å². The highest BCUT2D eigenvalue weighted by Gasteiger charge is 2.17. The zero-order valence-electron chi connectivity index (χ0n) is 6.58. The molecule has 0 aliphatic carbocycles. The third-order valence-corrected chi connectivity index (χ3v) is 2.91. The molecule has 1 aliphatic rings. The number of sulfonamides is 1. The van der Waals surface area contributed by atoms with E-state index in [1.54, 1.807) is 24.3 Å². The number of nitrogens with zero attached hydrogens (tertiary/aromatic N) is 2. The number of hydrogen-bond acceptors (Lipinski definition) is 3. The van der Waals surface area contributed by atoms with Crippen molar-refractivity contribution in [2.24, 2.45) is 9.63 Å². The van der Waals surface area contributed by atoms with Crippen molar-refractivity contribution < 1.29 is 8.42 Å². The summed E-state index contributed by atoms with van der Waals surface area (Å²) in [6.07, 6.45) is 2.98. The Morgan fingerprint density at radius 3 is 2.77 bits per heavy atom. The van der Waals surface area contributed by atoms with Crippen molar-refractivity contribution in [3.63, 3.8) is 0 Å². The highest BCUT2D eigenvalue weighted by atomic mass is 32.2. The molecule has 1 aromatic carbocycles. The first-order valence-corrected chi connectivity index (χ1v) is 5.07. The Labute approximate surface area is 75.7 Å². The fourth-order valence-electron chi connectivity index (χ4n) is 1.10. The van der Waals surface area contributed by atoms with E-state index in [1.165, 1.54) is 12.3 Å². The summed E-state index contributed by atoms with van der Waals surface area (Å²) in [5, 5.41) is 3.39. The fourth-order valence-corrected chi connectivity index (χ4v) is 2.05. The quantitative estimate of drug-likeness (QED) is 0.632. The predicted molar refractivity (Wildman–Crippen MR) is 47.5 cm³/mol. The van der Waals surface area contributed by atoms with Crippen LogP contribution in [0.5, 0.6) is 0 Å². The molecule has 0 radical (unpaired) electrons. The minimum atomic E-state index is -3.58. The van der Waals surface area contributed by atoms with Crippen LogP contribution in [0.1, 0.15) is 5.56 Å². The molecule has 4 nitrogen and oxygen atoms in total. The summed E-state index contributed by atoms with van der Waals surface area (Å²) in [6.45, 7) is 0. The average molecular weight is 194 g/mol. The van der Waals surface area contributed by atoms with Crippen LogP contribution in [0.15, 0.2) is 45.0 Å². The van der Waals surface area contributed by atoms with Crippen molar-refractivity contribution in [2.45, 2.75) is 4.90 Å². The van der Waals surface area contributed by atoms with Crippen LogP contribution in [-0.2, 0) is 10.0 Å². The summed E-state index contributed by atoms with van der Waals surface area (Å²) in [4.78, 5) is 0.201. The van der Waals surface area contributed by atoms with Crippen LogP contribution in [0.2, 0.25) is 0 Å². The van der Waals surface area contributed by atoms with Gasteiger partial charge in [0.25, 0.3) is 10.0 Å². The van der Waals surface area contributed by atoms with Gasteiger partial charge in [-0.05, 0) is 17.7 Å². The van der Waals surface area contributed by atoms with E-state index < -0.39 is 10.0 Å². The summed E-state index contributed by atoms with van der Waals surface area (Å²) in [5.41, 5.74) is 0.618. The zero-order valence-corrected chi connectivity index (χ0v) is 7.40. The highest BCUT2D eigenvalue weighted by molar-refractivity contribution is 7.90. The molecule has 0 amide bonds. The van der Waals surface area contributed by atoms with Gasteiger partial charge < -0.3 is 0 Å². The maximum absolute atomic E-state index is 11.4. The van der Waals surface area contributed by atoms with E-state index in [-0.39, 0.29) is 4.90 Å². The molecule has 0 bridgehead atoms. The molecule has 13 heavy (non-hydrogen) atoms. The molecule has 0 N–H and O–H groups in total. The number of benzene rings is 1. The van der Waals surface area contributed by atoms with E-state index >= 15 is 0 Å². The van der Waals surface area contributed by atoms with Gasteiger partial charge in [0.2, 0.25) is 0 Å². The maximum atomic E-state index is 11.4. The summed E-state index contributed by atoms with van der Waals surface area (Å²) in [6, 6.07) is 6.65. The molecule has 66 valence electrons. The van der Waals surface area contributed by atoms with Crippen molar-refractivity contribution in [3.8, 4) is 0 Å². The standard InChI is InChI=1S/C8H6N2O2S/c11-13(12)8-4-2-1-3-7(8)5-6-9-10-13/h1-6H. The maximum Gasteiger partial charge on any atom is 0.300 e. The van der Waals surface area contributed by atoms with Gasteiger partial charge in [-0.2, -0.15) is 8.42 Å². The smallest absolute Gasteiger partial charge is 0.198 e. The number of fused-ring (bicyclic) bond motifs is 1. The van der Waals surface area contributed by atoms with Crippen LogP contribution in [-0.4, -0.2) is 8.42 Å². The molecule has 1 aliphatic heterocycles. The monoisotopic (exact) mass is 194 g/mol. The van der Waals surface area contributed by atoms with E-state index in [0.717, 1.165) is 0 Å². The summed E-state index contributed by atoms with van der Waals surface area (Å²) in [5.74, 6) is 0. The van der Waals surface area contributed by atoms with Gasteiger partial charge in [0, 0.05) is 0 Å². The van der Waals surface area contributed by atoms with Crippen molar-refractivity contribution in [1.82, 2.24) is 0 Å². The van der Waals surface area contributed by atoms with Gasteiger partial charge in [0.1, 0.15) is 0 Å². The van der Waals surface area contributed by atoms with E-state index in [0.29, 0.717) is 5.56 Å². The Hall–Kier alpha value is -1.49. The van der Waals surface area contributed by atoms with Crippen molar-refractivity contribution in [3.05, 3.63) is 36.0 Å². The van der Waals surface area contributed by atoms with E-state index in [9.17, 15) is 8.42 Å². The van der Waals surface area contributed by atoms with Crippen LogP contribution < -0.4 is 0 Å². The number of rotatable bonds is 0. The van der Waals surface area contributed by atoms with Crippen LogP contribution in [0.25, 0.3) is 6.08 Å². The normalized spacial score (nSPS) is 17.8. The van der Waals surface area contributed by atoms with Crippen LogP contribution >= 0.6 is 0 Å². The van der Waals surface area contributed by atoms with Crippen LogP contribution in [0.4, 0.5) is 0 Å². The largest absolute Gasteiger partial charge is 0.300 e. The Kier molecular flexibility index (Phi) is 1.73. The van der Waals surface area contributed by atoms with Gasteiger partial charge in [-0.3, -0.25) is 0 Å². The van der Waals surface area contributed by atoms with Gasteiger partial charge in [0.05, 0.1) is 11.1 Å². The van der Waals surface area contributed by atoms with E-state index in [4.69, 9.17) is 0 Å². The molecule has 2 rings (SSSR count). The molecular formula is C8H6N2O2S. The third kappa shape index (κ3) is 1.38. The van der Waals surface area contributed by atoms with Gasteiger partial charge in [-0.25, -0.2) is 0 Å². The Bertz CT molecular complexity index is 489. The molecule has 0 aromatic heterocycles. The average Bonchev–Trinajstić information content (AvgIpc) is 2.26. The lowest BCUT2D eigenvalue weighted by Gasteiger charge is -1.98. The SMILES string of the molecule is O=S1(=O)N=NC=Cc2ccccc21. The Morgan fingerprint density at radius 2 is 1.92 bits per heavy atom. The molecule has 0 unspecified atom stereocenters. The molecule has 1 heterocycles. The van der Waals surface area contributed by atoms with Gasteiger partial charge in [-0.1, -0.05) is 22.7 Å². The first-order valence-electron chi connectivity index (χ1n) is 3.63. The van der Waals surface area contributed by atoms with Gasteiger partial charge >= 0.3 is 0 Å². The first kappa shape index (κ1) is 8.12. The molecule has 0 atom stereocenters. The molecule has 0 saturated heterocycles. The Balaban J connectivity index is 2.79. The van der Waals surface area contributed by atoms with Gasteiger partial charge in [-0.15, -0.1) is 5.11 Å². The molecule has 1 aromatic rings. The lowest BCUT2D eigenvalue weighted by molar-refractivity contribution is 0.595. The molecule has 5 heteroatoms. The summed E-state index contributed by atoms with van der Waals surface area (Å²) >= 11 is 0. The summed E-state index contributed by atoms with van der Waals surface area (Å²) in [7, 11) is -3.58. The minimum absolute atomic E-state index is 0.201. The molecular weight excluding hydrogens is 188 g/mol. The topological polar surface area (TPSA) is 58.9 Å². The number of hydrogen-bond donors (Lipinski definition) is 0. The second kappa shape index (κ2) is 2.77. The lowest BCUT2D eigenvalue weighted by Crippen LogP contribution is -1.96. The van der Waals surface area contributed by atoms with Gasteiger partial charge in [0.15, 0.2) is 0 Å². The minimum Gasteiger partial charge on any atom is -0.198 e. The zero-order chi connectivity index (χ0) is 9.31. The first-order chi connectivity index (χ1) is 6.20. The third-order valence-electron chi connectivity index (χ3n) is 1.67. The lowest BCUT2D eigenvalue weighted by atomic mass is 10.2. The molecule has 0 spiro atoms. The second-order valence-electron chi connectivity index (χ2n) is 2.53. The highest BCUT2D eigenvalue weighted by Crippen LogP contribution is 2.21. The molecule has 0 fully saturated rings. The van der Waals surface area contributed by atoms with Crippen molar-refractivity contribution in [2.75, 3.05) is 0 Å². The molecule has 0 saturated carbocycles. The van der Waals surface area contributed by atoms with E-state index in [2.05, 4.69) is 9.63 Å². The predicted octanol–water partition coefficient (Wildman–Crippen LogP) is 1.81. The second-order valence-corrected chi connectivity index (χ2v) is 4.08. The van der Waals surface area contributed by atoms with Crippen molar-refractivity contribution >= 4 is 16.1 Å².